The molecule has 0 spiro atoms. The molecule has 0 radical (unpaired) electrons. The van der Waals surface area contributed by atoms with Crippen LogP contribution in [-0.4, -0.2) is 95.5 Å². The maximum atomic E-state index is 13.3. The third-order valence-corrected chi connectivity index (χ3v) is 12.3. The van der Waals surface area contributed by atoms with E-state index in [1.165, 1.54) is 24.0 Å². The number of rotatable bonds is 14. The Morgan fingerprint density at radius 1 is 0.932 bits per heavy atom. The Morgan fingerprint density at radius 3 is 2.39 bits per heavy atom. The Bertz CT molecular complexity index is 2180. The van der Waals surface area contributed by atoms with Crippen molar-refractivity contribution in [2.45, 2.75) is 84.8 Å². The molecule has 3 aliphatic heterocycles. The van der Waals surface area contributed by atoms with Crippen molar-refractivity contribution >= 4 is 46.3 Å². The van der Waals surface area contributed by atoms with Gasteiger partial charge in [-0.15, -0.1) is 0 Å². The van der Waals surface area contributed by atoms with Crippen molar-refractivity contribution in [1.82, 2.24) is 19.8 Å². The smallest absolute Gasteiger partial charge is 0.237 e. The monoisotopic (exact) mass is 796 g/mol. The Hall–Kier alpha value is -5.42. The molecular weight excluding hydrogens is 737 g/mol. The highest BCUT2D eigenvalue weighted by atomic mass is 16.5. The van der Waals surface area contributed by atoms with E-state index in [1.807, 2.05) is 53.7 Å². The zero-order valence-corrected chi connectivity index (χ0v) is 35.5. The van der Waals surface area contributed by atoms with E-state index in [4.69, 9.17) is 14.7 Å². The van der Waals surface area contributed by atoms with E-state index >= 15 is 0 Å². The molecule has 0 unspecified atom stereocenters. The first-order chi connectivity index (χ1) is 28.4. The summed E-state index contributed by atoms with van der Waals surface area (Å²) in [6.45, 7) is 21.7. The minimum absolute atomic E-state index is 0.0561. The predicted molar refractivity (Wildman–Crippen MR) is 238 cm³/mol. The van der Waals surface area contributed by atoms with Gasteiger partial charge in [-0.1, -0.05) is 37.6 Å². The van der Waals surface area contributed by atoms with Crippen molar-refractivity contribution in [3.05, 3.63) is 101 Å². The van der Waals surface area contributed by atoms with Crippen LogP contribution >= 0.6 is 0 Å². The Morgan fingerprint density at radius 2 is 1.69 bits per heavy atom. The molecule has 8 rings (SSSR count). The van der Waals surface area contributed by atoms with E-state index in [2.05, 4.69) is 71.7 Å². The maximum Gasteiger partial charge on any atom is 0.237 e. The zero-order chi connectivity index (χ0) is 41.3. The fourth-order valence-electron chi connectivity index (χ4n) is 8.57. The molecule has 4 aromatic rings. The van der Waals surface area contributed by atoms with Crippen LogP contribution < -0.4 is 25.2 Å². The number of piperazine rings is 1. The van der Waals surface area contributed by atoms with E-state index in [0.29, 0.717) is 30.5 Å². The average Bonchev–Trinajstić information content (AvgIpc) is 4.03. The first kappa shape index (κ1) is 40.4. The van der Waals surface area contributed by atoms with Gasteiger partial charge in [-0.3, -0.25) is 14.5 Å². The van der Waals surface area contributed by atoms with Gasteiger partial charge in [-0.2, -0.15) is 0 Å². The van der Waals surface area contributed by atoms with Crippen LogP contribution in [0.4, 0.5) is 28.6 Å². The summed E-state index contributed by atoms with van der Waals surface area (Å²) in [6, 6.07) is 16.8. The van der Waals surface area contributed by atoms with E-state index in [1.54, 1.807) is 13.0 Å². The summed E-state index contributed by atoms with van der Waals surface area (Å²) in [4.78, 5) is 44.2. The topological polar surface area (TPSA) is 106 Å². The number of amides is 1. The summed E-state index contributed by atoms with van der Waals surface area (Å²) >= 11 is 0. The molecule has 2 saturated heterocycles. The number of nitrogens with zero attached hydrogens (tertiary/aromatic N) is 6. The van der Waals surface area contributed by atoms with Gasteiger partial charge in [0.15, 0.2) is 5.78 Å². The first-order valence-electron chi connectivity index (χ1n) is 21.4. The summed E-state index contributed by atoms with van der Waals surface area (Å²) in [5.41, 5.74) is 10.3. The number of carbonyl (C=O) groups excluding carboxylic acids is 2. The lowest BCUT2D eigenvalue weighted by molar-refractivity contribution is -0.132. The molecular formula is C48H60N8O3. The molecule has 1 saturated carbocycles. The average molecular weight is 797 g/mol. The van der Waals surface area contributed by atoms with Crippen LogP contribution in [0.1, 0.15) is 85.1 Å². The molecule has 11 heteroatoms. The zero-order valence-electron chi connectivity index (χ0n) is 35.5. The number of aromatic nitrogens is 2. The molecule has 1 aliphatic carbocycles. The quantitative estimate of drug-likeness (QED) is 0.122. The number of hydrogen-bond acceptors (Lipinski definition) is 10. The van der Waals surface area contributed by atoms with Crippen LogP contribution in [0.15, 0.2) is 67.5 Å². The van der Waals surface area contributed by atoms with Gasteiger partial charge < -0.3 is 30.1 Å². The van der Waals surface area contributed by atoms with E-state index in [0.717, 1.165) is 116 Å². The normalized spacial score (nSPS) is 17.3. The summed E-state index contributed by atoms with van der Waals surface area (Å²) in [7, 11) is 0. The van der Waals surface area contributed by atoms with Crippen molar-refractivity contribution in [2.24, 2.45) is 5.92 Å². The number of pyridine rings is 2. The molecule has 3 fully saturated rings. The largest absolute Gasteiger partial charge is 0.476 e. The Balaban J connectivity index is 0.824. The third-order valence-electron chi connectivity index (χ3n) is 12.3. The molecule has 11 nitrogen and oxygen atoms in total. The van der Waals surface area contributed by atoms with Crippen molar-refractivity contribution in [1.29, 1.82) is 0 Å². The van der Waals surface area contributed by atoms with Crippen LogP contribution in [0.2, 0.25) is 0 Å². The van der Waals surface area contributed by atoms with Gasteiger partial charge in [0.1, 0.15) is 11.5 Å². The highest BCUT2D eigenvalue weighted by Gasteiger charge is 2.35. The fraction of sp³-hybridized carbons (Fsp3) is 0.458. The highest BCUT2D eigenvalue weighted by Crippen LogP contribution is 2.38. The molecule has 5 heterocycles. The first-order valence-corrected chi connectivity index (χ1v) is 21.4. The van der Waals surface area contributed by atoms with Gasteiger partial charge in [0.25, 0.3) is 0 Å². The molecule has 2 aromatic carbocycles. The van der Waals surface area contributed by atoms with Crippen molar-refractivity contribution < 1.29 is 14.3 Å². The number of ketones is 1. The molecule has 0 atom stereocenters. The second kappa shape index (κ2) is 17.0. The maximum absolute atomic E-state index is 13.3. The minimum atomic E-state index is -0.129. The van der Waals surface area contributed by atoms with Gasteiger partial charge in [0.2, 0.25) is 11.8 Å². The van der Waals surface area contributed by atoms with Crippen LogP contribution in [0.3, 0.4) is 0 Å². The SMILES string of the molecule is C=Cc1cc(N2CC(N3CCN(C(=O)Cc4ccc(Nc5cc6c(cn5)CCN(c5cnc(OCCC7CC7)c(NC(C)(C)C)c5C)C6)cc4)CC3)C2)ccc1C(C)=O. The van der Waals surface area contributed by atoms with Crippen LogP contribution in [0, 0.1) is 12.8 Å². The lowest BCUT2D eigenvalue weighted by atomic mass is 10.00. The number of benzene rings is 2. The Labute approximate surface area is 349 Å². The molecule has 2 N–H and O–H groups in total. The minimum Gasteiger partial charge on any atom is -0.476 e. The molecule has 59 heavy (non-hydrogen) atoms. The number of hydrogen-bond donors (Lipinski definition) is 2. The van der Waals surface area contributed by atoms with Crippen LogP contribution in [0.25, 0.3) is 6.08 Å². The lowest BCUT2D eigenvalue weighted by Crippen LogP contribution is -2.63. The van der Waals surface area contributed by atoms with Crippen molar-refractivity contribution in [3.8, 4) is 5.88 Å². The van der Waals surface area contributed by atoms with Gasteiger partial charge in [0.05, 0.1) is 24.9 Å². The molecule has 0 bridgehead atoms. The molecule has 1 amide bonds. The standard InChI is InChI=1S/C48H60N8O3/c1-7-36-25-40(14-15-42(36)33(3)57)56-30-41(31-56)53-19-21-54(22-20-53)45(58)24-35-10-12-39(13-11-35)51-44-26-38-29-55(18-16-37(38)27-49-44)43-28-50-47(59-23-17-34-8-9-34)46(32(43)2)52-48(4,5)6/h7,10-15,25-28,34,41,52H,1,8-9,16-24,29-31H2,2-6H3,(H,49,51). The number of carbonyl (C=O) groups is 2. The van der Waals surface area contributed by atoms with Gasteiger partial charge in [-0.25, -0.2) is 9.97 Å². The number of nitrogens with one attached hydrogen (secondary N) is 2. The summed E-state index contributed by atoms with van der Waals surface area (Å²) in [6.07, 6.45) is 10.8. The lowest BCUT2D eigenvalue weighted by Gasteiger charge is -2.49. The molecule has 310 valence electrons. The molecule has 4 aliphatic rings. The third kappa shape index (κ3) is 9.57. The van der Waals surface area contributed by atoms with Gasteiger partial charge in [0, 0.05) is 92.6 Å². The van der Waals surface area contributed by atoms with Gasteiger partial charge in [-0.05, 0) is 112 Å². The number of Topliss-reactive ketones (excluding diaryl/α,β-unsaturated/α-hetero) is 1. The second-order valence-corrected chi connectivity index (χ2v) is 17.9. The second-order valence-electron chi connectivity index (χ2n) is 17.9. The van der Waals surface area contributed by atoms with Crippen LogP contribution in [0.5, 0.6) is 5.88 Å². The highest BCUT2D eigenvalue weighted by molar-refractivity contribution is 5.98. The van der Waals surface area contributed by atoms with Crippen molar-refractivity contribution in [3.63, 3.8) is 0 Å². The summed E-state index contributed by atoms with van der Waals surface area (Å²) < 4.78 is 6.24. The number of anilines is 5. The van der Waals surface area contributed by atoms with Crippen molar-refractivity contribution in [2.75, 3.05) is 72.9 Å². The summed E-state index contributed by atoms with van der Waals surface area (Å²) in [5, 5.41) is 7.19. The number of fused-ring (bicyclic) bond motifs is 1. The Kier molecular flexibility index (Phi) is 11.7. The van der Waals surface area contributed by atoms with Crippen LogP contribution in [-0.2, 0) is 24.2 Å². The fourth-order valence-corrected chi connectivity index (χ4v) is 8.57. The van der Waals surface area contributed by atoms with E-state index in [-0.39, 0.29) is 17.2 Å². The van der Waals surface area contributed by atoms with E-state index in [9.17, 15) is 9.59 Å². The summed E-state index contributed by atoms with van der Waals surface area (Å²) in [5.74, 6) is 2.54. The number of ether oxygens (including phenoxy) is 1. The molecule has 2 aromatic heterocycles. The predicted octanol–water partition coefficient (Wildman–Crippen LogP) is 7.90. The van der Waals surface area contributed by atoms with Gasteiger partial charge >= 0.3 is 0 Å². The van der Waals surface area contributed by atoms with E-state index < -0.39 is 0 Å².